The van der Waals surface area contributed by atoms with E-state index in [1.807, 2.05) is 19.1 Å². The van der Waals surface area contributed by atoms with E-state index < -0.39 is 34.1 Å². The first-order chi connectivity index (χ1) is 12.2. The summed E-state index contributed by atoms with van der Waals surface area (Å²) in [5.41, 5.74) is 1.35. The van der Waals surface area contributed by atoms with Crippen LogP contribution in [0.15, 0.2) is 42.5 Å². The number of benzene rings is 2. The number of hydrogen-bond acceptors (Lipinski definition) is 3. The molecular formula is C18H18F2N2O3S. The van der Waals surface area contributed by atoms with Gasteiger partial charge in [0, 0.05) is 17.8 Å². The molecule has 26 heavy (non-hydrogen) atoms. The van der Waals surface area contributed by atoms with E-state index >= 15 is 0 Å². The van der Waals surface area contributed by atoms with Crippen LogP contribution in [0, 0.1) is 11.6 Å². The number of rotatable bonds is 4. The number of carbonyl (C=O) groups is 1. The minimum absolute atomic E-state index is 0.139. The SMILES string of the molecule is CC1Cc2ccccc2N1C(=O)CN(c1ccc(F)cc1F)S(C)(=O)=O. The summed E-state index contributed by atoms with van der Waals surface area (Å²) in [6.45, 7) is 1.29. The fourth-order valence-electron chi connectivity index (χ4n) is 3.21. The second-order valence-electron chi connectivity index (χ2n) is 6.31. The molecular weight excluding hydrogens is 362 g/mol. The first-order valence-electron chi connectivity index (χ1n) is 8.01. The fourth-order valence-corrected chi connectivity index (χ4v) is 4.06. The summed E-state index contributed by atoms with van der Waals surface area (Å²) in [6, 6.07) is 9.79. The minimum Gasteiger partial charge on any atom is -0.307 e. The number of amides is 1. The Bertz CT molecular complexity index is 963. The third kappa shape index (κ3) is 3.41. The van der Waals surface area contributed by atoms with Crippen molar-refractivity contribution in [2.24, 2.45) is 0 Å². The van der Waals surface area contributed by atoms with E-state index in [-0.39, 0.29) is 11.7 Å². The van der Waals surface area contributed by atoms with Crippen LogP contribution in [0.25, 0.3) is 0 Å². The molecule has 0 saturated heterocycles. The summed E-state index contributed by atoms with van der Waals surface area (Å²) in [5, 5.41) is 0. The Morgan fingerprint density at radius 2 is 1.92 bits per heavy atom. The first kappa shape index (κ1) is 18.3. The maximum Gasteiger partial charge on any atom is 0.248 e. The quantitative estimate of drug-likeness (QED) is 0.820. The standard InChI is InChI=1S/C18H18F2N2O3S/c1-12-9-13-5-3-4-6-16(13)22(12)18(23)11-21(26(2,24)25)17-8-7-14(19)10-15(17)20/h3-8,10,12H,9,11H2,1-2H3. The summed E-state index contributed by atoms with van der Waals surface area (Å²) in [4.78, 5) is 14.4. The molecule has 138 valence electrons. The molecule has 2 aromatic carbocycles. The van der Waals surface area contributed by atoms with Gasteiger partial charge in [0.25, 0.3) is 0 Å². The Morgan fingerprint density at radius 1 is 1.23 bits per heavy atom. The predicted molar refractivity (Wildman–Crippen MR) is 95.6 cm³/mol. The number of halogens is 2. The lowest BCUT2D eigenvalue weighted by Gasteiger charge is -2.28. The Balaban J connectivity index is 1.94. The highest BCUT2D eigenvalue weighted by Gasteiger charge is 2.33. The largest absolute Gasteiger partial charge is 0.307 e. The molecule has 1 atom stereocenters. The van der Waals surface area contributed by atoms with E-state index in [1.54, 1.807) is 12.1 Å². The van der Waals surface area contributed by atoms with Gasteiger partial charge in [-0.1, -0.05) is 18.2 Å². The Labute approximate surface area is 150 Å². The highest BCUT2D eigenvalue weighted by Crippen LogP contribution is 2.32. The van der Waals surface area contributed by atoms with Crippen molar-refractivity contribution in [1.82, 2.24) is 0 Å². The number of para-hydroxylation sites is 1. The molecule has 3 rings (SSSR count). The highest BCUT2D eigenvalue weighted by molar-refractivity contribution is 7.92. The molecule has 1 aliphatic rings. The lowest BCUT2D eigenvalue weighted by atomic mass is 10.1. The summed E-state index contributed by atoms with van der Waals surface area (Å²) in [7, 11) is -3.95. The molecule has 1 amide bonds. The van der Waals surface area contributed by atoms with Crippen molar-refractivity contribution < 1.29 is 22.0 Å². The lowest BCUT2D eigenvalue weighted by Crippen LogP contribution is -2.45. The van der Waals surface area contributed by atoms with Gasteiger partial charge in [-0.15, -0.1) is 0 Å². The topological polar surface area (TPSA) is 57.7 Å². The van der Waals surface area contributed by atoms with Gasteiger partial charge in [0.05, 0.1) is 11.9 Å². The van der Waals surface area contributed by atoms with Gasteiger partial charge in [0.2, 0.25) is 15.9 Å². The van der Waals surface area contributed by atoms with Gasteiger partial charge >= 0.3 is 0 Å². The van der Waals surface area contributed by atoms with Crippen molar-refractivity contribution in [3.8, 4) is 0 Å². The van der Waals surface area contributed by atoms with Crippen LogP contribution < -0.4 is 9.21 Å². The molecule has 2 aromatic rings. The Hall–Kier alpha value is -2.48. The zero-order valence-corrected chi connectivity index (χ0v) is 15.1. The normalized spacial score (nSPS) is 16.5. The van der Waals surface area contributed by atoms with E-state index in [0.29, 0.717) is 16.8 Å². The molecule has 0 spiro atoms. The summed E-state index contributed by atoms with van der Waals surface area (Å²) < 4.78 is 52.2. The van der Waals surface area contributed by atoms with Crippen molar-refractivity contribution in [3.63, 3.8) is 0 Å². The smallest absolute Gasteiger partial charge is 0.248 e. The lowest BCUT2D eigenvalue weighted by molar-refractivity contribution is -0.117. The fraction of sp³-hybridized carbons (Fsp3) is 0.278. The predicted octanol–water partition coefficient (Wildman–Crippen LogP) is 2.71. The number of nitrogens with zero attached hydrogens (tertiary/aromatic N) is 2. The van der Waals surface area contributed by atoms with Gasteiger partial charge in [-0.25, -0.2) is 17.2 Å². The maximum absolute atomic E-state index is 14.1. The molecule has 0 aromatic heterocycles. The van der Waals surface area contributed by atoms with Crippen molar-refractivity contribution >= 4 is 27.3 Å². The Morgan fingerprint density at radius 3 is 2.58 bits per heavy atom. The minimum atomic E-state index is -3.95. The summed E-state index contributed by atoms with van der Waals surface area (Å²) in [6.07, 6.45) is 1.54. The molecule has 0 saturated carbocycles. The third-order valence-corrected chi connectivity index (χ3v) is 5.46. The van der Waals surface area contributed by atoms with Crippen molar-refractivity contribution in [3.05, 3.63) is 59.7 Å². The van der Waals surface area contributed by atoms with Gasteiger partial charge in [0.15, 0.2) is 0 Å². The van der Waals surface area contributed by atoms with Crippen molar-refractivity contribution in [2.75, 3.05) is 22.0 Å². The van der Waals surface area contributed by atoms with Crippen LogP contribution in [0.5, 0.6) is 0 Å². The number of sulfonamides is 1. The molecule has 0 bridgehead atoms. The summed E-state index contributed by atoms with van der Waals surface area (Å²) >= 11 is 0. The zero-order chi connectivity index (χ0) is 19.1. The maximum atomic E-state index is 14.1. The molecule has 1 heterocycles. The van der Waals surface area contributed by atoms with Gasteiger partial charge in [-0.3, -0.25) is 9.10 Å². The van der Waals surface area contributed by atoms with Crippen molar-refractivity contribution in [1.29, 1.82) is 0 Å². The molecule has 5 nitrogen and oxygen atoms in total. The van der Waals surface area contributed by atoms with Crippen LogP contribution >= 0.6 is 0 Å². The first-order valence-corrected chi connectivity index (χ1v) is 9.86. The number of fused-ring (bicyclic) bond motifs is 1. The molecule has 0 fully saturated rings. The average molecular weight is 380 g/mol. The monoisotopic (exact) mass is 380 g/mol. The van der Waals surface area contributed by atoms with Crippen LogP contribution in [0.3, 0.4) is 0 Å². The molecule has 1 aliphatic heterocycles. The highest BCUT2D eigenvalue weighted by atomic mass is 32.2. The van der Waals surface area contributed by atoms with Crippen LogP contribution in [0.4, 0.5) is 20.2 Å². The number of anilines is 2. The molecule has 0 N–H and O–H groups in total. The third-order valence-electron chi connectivity index (χ3n) is 4.33. The number of hydrogen-bond donors (Lipinski definition) is 0. The molecule has 1 unspecified atom stereocenters. The zero-order valence-electron chi connectivity index (χ0n) is 14.3. The average Bonchev–Trinajstić information content (AvgIpc) is 2.88. The van der Waals surface area contributed by atoms with E-state index in [0.717, 1.165) is 29.6 Å². The van der Waals surface area contributed by atoms with Crippen LogP contribution in [-0.2, 0) is 21.2 Å². The van der Waals surface area contributed by atoms with Crippen LogP contribution in [0.1, 0.15) is 12.5 Å². The second-order valence-corrected chi connectivity index (χ2v) is 8.22. The molecule has 8 heteroatoms. The van der Waals surface area contributed by atoms with Gasteiger partial charge in [-0.2, -0.15) is 0 Å². The molecule has 0 aliphatic carbocycles. The van der Waals surface area contributed by atoms with Crippen molar-refractivity contribution in [2.45, 2.75) is 19.4 Å². The number of carbonyl (C=O) groups excluding carboxylic acids is 1. The van der Waals surface area contributed by atoms with Crippen LogP contribution in [0.2, 0.25) is 0 Å². The van der Waals surface area contributed by atoms with Gasteiger partial charge < -0.3 is 4.90 Å². The van der Waals surface area contributed by atoms with Gasteiger partial charge in [-0.05, 0) is 37.1 Å². The van der Waals surface area contributed by atoms with E-state index in [4.69, 9.17) is 0 Å². The van der Waals surface area contributed by atoms with E-state index in [9.17, 15) is 22.0 Å². The van der Waals surface area contributed by atoms with E-state index in [2.05, 4.69) is 0 Å². The van der Waals surface area contributed by atoms with Crippen LogP contribution in [-0.4, -0.2) is 33.2 Å². The molecule has 0 radical (unpaired) electrons. The second kappa shape index (κ2) is 6.68. The van der Waals surface area contributed by atoms with E-state index in [1.165, 1.54) is 4.90 Å². The Kier molecular flexibility index (Phi) is 4.70. The summed E-state index contributed by atoms with van der Waals surface area (Å²) in [5.74, 6) is -2.34. The van der Waals surface area contributed by atoms with Gasteiger partial charge in [0.1, 0.15) is 18.2 Å².